The second kappa shape index (κ2) is 10.5. The number of hydrogen-bond donors (Lipinski definition) is 0. The fourth-order valence-corrected chi connectivity index (χ4v) is 5.05. The molecule has 0 aliphatic heterocycles. The molecule has 0 atom stereocenters. The van der Waals surface area contributed by atoms with Crippen molar-refractivity contribution >= 4 is 22.4 Å². The lowest BCUT2D eigenvalue weighted by Gasteiger charge is -2.05. The van der Waals surface area contributed by atoms with Crippen LogP contribution in [0.15, 0.2) is 88.4 Å². The highest BCUT2D eigenvalue weighted by molar-refractivity contribution is 7.15. The Morgan fingerprint density at radius 3 is 2.58 bits per heavy atom. The SMILES string of the molecule is CCCCCOc1ccc(-c2nc3s/c(=C\c4cn(-c5ccccc5)nc4-c4ccco4)c(=O)n3n2)cc1. The third kappa shape index (κ3) is 4.76. The Morgan fingerprint density at radius 2 is 1.84 bits per heavy atom. The van der Waals surface area contributed by atoms with Crippen LogP contribution >= 0.6 is 11.3 Å². The number of benzene rings is 2. The molecular weight excluding hydrogens is 498 g/mol. The summed E-state index contributed by atoms with van der Waals surface area (Å²) >= 11 is 1.29. The van der Waals surface area contributed by atoms with Gasteiger partial charge in [-0.05, 0) is 61.0 Å². The summed E-state index contributed by atoms with van der Waals surface area (Å²) in [4.78, 5) is 18.4. The predicted molar refractivity (Wildman–Crippen MR) is 148 cm³/mol. The standard InChI is InChI=1S/C29H25N5O3S/c1-2-3-7-16-36-23-14-12-20(13-15-23)27-30-29-34(32-27)28(35)25(38-29)18-21-19-33(22-9-5-4-6-10-22)31-26(21)24-11-8-17-37-24/h4-6,8-15,17-19H,2-3,7,16H2,1H3/b25-18-. The third-order valence-corrected chi connectivity index (χ3v) is 7.07. The smallest absolute Gasteiger partial charge is 0.291 e. The molecule has 0 N–H and O–H groups in total. The van der Waals surface area contributed by atoms with Crippen molar-refractivity contribution in [2.24, 2.45) is 0 Å². The highest BCUT2D eigenvalue weighted by Crippen LogP contribution is 2.25. The lowest BCUT2D eigenvalue weighted by atomic mass is 10.2. The van der Waals surface area contributed by atoms with Gasteiger partial charge in [-0.25, -0.2) is 4.68 Å². The molecule has 6 rings (SSSR count). The molecule has 9 heteroatoms. The van der Waals surface area contributed by atoms with E-state index in [2.05, 4.69) is 17.0 Å². The maximum Gasteiger partial charge on any atom is 0.291 e. The summed E-state index contributed by atoms with van der Waals surface area (Å²) in [6, 6.07) is 21.1. The molecule has 0 aliphatic carbocycles. The summed E-state index contributed by atoms with van der Waals surface area (Å²) in [6.07, 6.45) is 8.67. The van der Waals surface area contributed by atoms with Crippen molar-refractivity contribution in [2.45, 2.75) is 26.2 Å². The van der Waals surface area contributed by atoms with Crippen molar-refractivity contribution < 1.29 is 9.15 Å². The van der Waals surface area contributed by atoms with Gasteiger partial charge in [0.05, 0.1) is 23.1 Å². The fourth-order valence-electron chi connectivity index (χ4n) is 4.15. The van der Waals surface area contributed by atoms with Crippen molar-refractivity contribution in [3.63, 3.8) is 0 Å². The van der Waals surface area contributed by atoms with Gasteiger partial charge in [-0.2, -0.15) is 14.6 Å². The number of nitrogens with zero attached hydrogens (tertiary/aromatic N) is 5. The molecule has 0 fully saturated rings. The van der Waals surface area contributed by atoms with Crippen molar-refractivity contribution in [3.05, 3.63) is 99.6 Å². The zero-order valence-electron chi connectivity index (χ0n) is 20.8. The van der Waals surface area contributed by atoms with E-state index in [1.807, 2.05) is 79.0 Å². The van der Waals surface area contributed by atoms with E-state index in [0.717, 1.165) is 41.8 Å². The molecule has 6 aromatic rings. The Kier molecular flexibility index (Phi) is 6.58. The molecule has 0 bridgehead atoms. The summed E-state index contributed by atoms with van der Waals surface area (Å²) in [7, 11) is 0. The van der Waals surface area contributed by atoms with E-state index in [-0.39, 0.29) is 5.56 Å². The number of aromatic nitrogens is 5. The zero-order chi connectivity index (χ0) is 25.9. The van der Waals surface area contributed by atoms with E-state index in [0.29, 0.717) is 33.4 Å². The van der Waals surface area contributed by atoms with E-state index < -0.39 is 0 Å². The van der Waals surface area contributed by atoms with Gasteiger partial charge in [0.1, 0.15) is 11.4 Å². The van der Waals surface area contributed by atoms with Crippen LogP contribution in [0.2, 0.25) is 0 Å². The molecule has 2 aromatic carbocycles. The van der Waals surface area contributed by atoms with E-state index in [1.54, 1.807) is 10.9 Å². The number of rotatable bonds is 9. The average molecular weight is 524 g/mol. The minimum absolute atomic E-state index is 0.225. The molecule has 0 aliphatic rings. The summed E-state index contributed by atoms with van der Waals surface area (Å²) in [5, 5.41) is 9.21. The minimum atomic E-state index is -0.225. The maximum absolute atomic E-state index is 13.2. The summed E-state index contributed by atoms with van der Waals surface area (Å²) in [5.41, 5.74) is 2.93. The highest BCUT2D eigenvalue weighted by Gasteiger charge is 2.16. The number of furan rings is 1. The van der Waals surface area contributed by atoms with E-state index >= 15 is 0 Å². The summed E-state index contributed by atoms with van der Waals surface area (Å²) in [5.74, 6) is 1.94. The maximum atomic E-state index is 13.2. The van der Waals surface area contributed by atoms with Gasteiger partial charge in [0, 0.05) is 17.3 Å². The molecule has 4 heterocycles. The topological polar surface area (TPSA) is 87.5 Å². The van der Waals surface area contributed by atoms with Crippen LogP contribution < -0.4 is 14.8 Å². The first kappa shape index (κ1) is 23.9. The monoisotopic (exact) mass is 523 g/mol. The molecule has 0 spiro atoms. The van der Waals surface area contributed by atoms with Gasteiger partial charge in [-0.3, -0.25) is 4.79 Å². The number of hydrogen-bond acceptors (Lipinski definition) is 7. The Hall–Kier alpha value is -4.50. The second-order valence-corrected chi connectivity index (χ2v) is 9.83. The minimum Gasteiger partial charge on any atom is -0.494 e. The number of unbranched alkanes of at least 4 members (excludes halogenated alkanes) is 2. The van der Waals surface area contributed by atoms with Gasteiger partial charge in [0.15, 0.2) is 11.6 Å². The third-order valence-electron chi connectivity index (χ3n) is 6.12. The molecule has 0 unspecified atom stereocenters. The Balaban J connectivity index is 1.32. The number of thiazole rings is 1. The van der Waals surface area contributed by atoms with Crippen LogP contribution in [0.3, 0.4) is 0 Å². The lowest BCUT2D eigenvalue weighted by molar-refractivity contribution is 0.306. The largest absolute Gasteiger partial charge is 0.494 e. The number of para-hydroxylation sites is 1. The van der Waals surface area contributed by atoms with Gasteiger partial charge in [-0.1, -0.05) is 49.3 Å². The molecular formula is C29H25N5O3S. The molecule has 190 valence electrons. The molecule has 0 saturated carbocycles. The van der Waals surface area contributed by atoms with Crippen LogP contribution in [0.4, 0.5) is 0 Å². The molecule has 0 saturated heterocycles. The van der Waals surface area contributed by atoms with E-state index in [9.17, 15) is 4.79 Å². The van der Waals surface area contributed by atoms with E-state index in [4.69, 9.17) is 14.3 Å². The van der Waals surface area contributed by atoms with Gasteiger partial charge >= 0.3 is 0 Å². The highest BCUT2D eigenvalue weighted by atomic mass is 32.1. The predicted octanol–water partition coefficient (Wildman–Crippen LogP) is 5.38. The van der Waals surface area contributed by atoms with Gasteiger partial charge in [-0.15, -0.1) is 5.10 Å². The normalized spacial score (nSPS) is 12.0. The molecule has 8 nitrogen and oxygen atoms in total. The van der Waals surface area contributed by atoms with Gasteiger partial charge in [0.2, 0.25) is 4.96 Å². The van der Waals surface area contributed by atoms with E-state index in [1.165, 1.54) is 15.9 Å². The lowest BCUT2D eigenvalue weighted by Crippen LogP contribution is -2.23. The van der Waals surface area contributed by atoms with Crippen LogP contribution in [-0.2, 0) is 0 Å². The Bertz CT molecular complexity index is 1770. The molecule has 4 aromatic heterocycles. The summed E-state index contributed by atoms with van der Waals surface area (Å²) < 4.78 is 15.1. The Labute approximate surface area is 222 Å². The van der Waals surface area contributed by atoms with Crippen LogP contribution in [0.5, 0.6) is 5.75 Å². The quantitative estimate of drug-likeness (QED) is 0.237. The number of ether oxygens (including phenoxy) is 1. The van der Waals surface area contributed by atoms with Crippen LogP contribution in [0, 0.1) is 0 Å². The first-order valence-corrected chi connectivity index (χ1v) is 13.3. The molecule has 0 radical (unpaired) electrons. The van der Waals surface area contributed by atoms with Crippen molar-refractivity contribution in [2.75, 3.05) is 6.61 Å². The molecule has 38 heavy (non-hydrogen) atoms. The Morgan fingerprint density at radius 1 is 1.00 bits per heavy atom. The van der Waals surface area contributed by atoms with Gasteiger partial charge < -0.3 is 9.15 Å². The zero-order valence-corrected chi connectivity index (χ0v) is 21.6. The van der Waals surface area contributed by atoms with Crippen LogP contribution in [-0.4, -0.2) is 31.0 Å². The van der Waals surface area contributed by atoms with Crippen LogP contribution in [0.1, 0.15) is 31.7 Å². The van der Waals surface area contributed by atoms with Crippen molar-refractivity contribution in [3.8, 4) is 34.3 Å². The summed E-state index contributed by atoms with van der Waals surface area (Å²) in [6.45, 7) is 2.88. The van der Waals surface area contributed by atoms with Crippen LogP contribution in [0.25, 0.3) is 39.6 Å². The molecule has 0 amide bonds. The van der Waals surface area contributed by atoms with Crippen molar-refractivity contribution in [1.29, 1.82) is 0 Å². The first-order chi connectivity index (χ1) is 18.7. The first-order valence-electron chi connectivity index (χ1n) is 12.5. The average Bonchev–Trinajstić information content (AvgIpc) is 3.74. The second-order valence-electron chi connectivity index (χ2n) is 8.82. The van der Waals surface area contributed by atoms with Crippen molar-refractivity contribution in [1.82, 2.24) is 24.4 Å². The number of fused-ring (bicyclic) bond motifs is 1. The van der Waals surface area contributed by atoms with Gasteiger partial charge in [0.25, 0.3) is 5.56 Å². The fraction of sp³-hybridized carbons (Fsp3) is 0.172.